The number of carbonyl (C=O) groups is 3. The van der Waals surface area contributed by atoms with Gasteiger partial charge in [-0.25, -0.2) is 9.69 Å². The van der Waals surface area contributed by atoms with E-state index in [1.54, 1.807) is 36.4 Å². The van der Waals surface area contributed by atoms with Crippen molar-refractivity contribution in [2.24, 2.45) is 0 Å². The molecule has 3 aromatic rings. The second-order valence-corrected chi connectivity index (χ2v) is 8.39. The number of hydrogen-bond donors (Lipinski definition) is 1. The number of amides is 4. The number of rotatable bonds is 3. The predicted molar refractivity (Wildman–Crippen MR) is 120 cm³/mol. The third-order valence-corrected chi connectivity index (χ3v) is 5.67. The van der Waals surface area contributed by atoms with E-state index in [2.05, 4.69) is 37.2 Å². The molecule has 1 fully saturated rings. The third-order valence-electron chi connectivity index (χ3n) is 4.49. The van der Waals surface area contributed by atoms with Gasteiger partial charge >= 0.3 is 6.03 Å². The normalized spacial score (nSPS) is 15.6. The first-order valence-corrected chi connectivity index (χ1v) is 10.5. The van der Waals surface area contributed by atoms with Crippen LogP contribution in [0.15, 0.2) is 73.5 Å². The van der Waals surface area contributed by atoms with Crippen LogP contribution in [0.2, 0.25) is 0 Å². The summed E-state index contributed by atoms with van der Waals surface area (Å²) in [6, 6.07) is 15.1. The summed E-state index contributed by atoms with van der Waals surface area (Å²) in [6.07, 6.45) is 1.33. The van der Waals surface area contributed by atoms with E-state index in [-0.39, 0.29) is 5.57 Å². The molecule has 6 nitrogen and oxygen atoms in total. The fraction of sp³-hybridized carbons (Fsp3) is 0.0455. The first-order chi connectivity index (χ1) is 14.3. The largest absolute Gasteiger partial charge is 0.457 e. The Balaban J connectivity index is 1.68. The van der Waals surface area contributed by atoms with E-state index < -0.39 is 17.8 Å². The third kappa shape index (κ3) is 3.88. The molecule has 1 aromatic heterocycles. The van der Waals surface area contributed by atoms with Crippen LogP contribution < -0.4 is 10.2 Å². The zero-order valence-corrected chi connectivity index (χ0v) is 18.8. The Morgan fingerprint density at radius 1 is 0.967 bits per heavy atom. The van der Waals surface area contributed by atoms with Gasteiger partial charge in [0.15, 0.2) is 0 Å². The monoisotopic (exact) mass is 528 g/mol. The van der Waals surface area contributed by atoms with E-state index in [0.29, 0.717) is 17.2 Å². The number of anilines is 1. The van der Waals surface area contributed by atoms with E-state index in [0.717, 1.165) is 25.0 Å². The SMILES string of the molecule is Cc1ccc(-c2ccc(/C=C3/C(=O)NC(=O)N(c4ccc(Br)cc4)C3=O)o2)c(Br)c1. The van der Waals surface area contributed by atoms with Crippen LogP contribution in [0, 0.1) is 6.92 Å². The van der Waals surface area contributed by atoms with Crippen molar-refractivity contribution in [3.8, 4) is 11.3 Å². The first-order valence-electron chi connectivity index (χ1n) is 8.87. The van der Waals surface area contributed by atoms with Crippen LogP contribution in [-0.4, -0.2) is 17.8 Å². The van der Waals surface area contributed by atoms with Crippen molar-refractivity contribution in [3.05, 3.63) is 80.4 Å². The lowest BCUT2D eigenvalue weighted by atomic mass is 10.1. The molecule has 0 saturated carbocycles. The van der Waals surface area contributed by atoms with Gasteiger partial charge in [0.2, 0.25) is 0 Å². The number of imide groups is 2. The number of nitrogens with zero attached hydrogens (tertiary/aromatic N) is 1. The molecular formula is C22H14Br2N2O4. The van der Waals surface area contributed by atoms with E-state index in [9.17, 15) is 14.4 Å². The number of barbiturate groups is 1. The molecule has 8 heteroatoms. The minimum Gasteiger partial charge on any atom is -0.457 e. The summed E-state index contributed by atoms with van der Waals surface area (Å²) in [7, 11) is 0. The molecule has 0 atom stereocenters. The van der Waals surface area contributed by atoms with Gasteiger partial charge in [-0.1, -0.05) is 37.9 Å². The maximum Gasteiger partial charge on any atom is 0.335 e. The van der Waals surface area contributed by atoms with E-state index in [4.69, 9.17) is 4.42 Å². The summed E-state index contributed by atoms with van der Waals surface area (Å²) in [5, 5.41) is 2.20. The summed E-state index contributed by atoms with van der Waals surface area (Å²) in [6.45, 7) is 1.98. The fourth-order valence-corrected chi connectivity index (χ4v) is 3.97. The maximum atomic E-state index is 12.9. The van der Waals surface area contributed by atoms with Crippen LogP contribution in [0.3, 0.4) is 0 Å². The van der Waals surface area contributed by atoms with Gasteiger partial charge in [0.1, 0.15) is 17.1 Å². The summed E-state index contributed by atoms with van der Waals surface area (Å²) < 4.78 is 7.49. The Hall–Kier alpha value is -2.97. The Kier molecular flexibility index (Phi) is 5.44. The average molecular weight is 530 g/mol. The average Bonchev–Trinajstić information content (AvgIpc) is 3.15. The standard InChI is InChI=1S/C22H14Br2N2O4/c1-12-2-8-16(18(24)10-12)19-9-7-15(30-19)11-17-20(27)25-22(29)26(21(17)28)14-5-3-13(23)4-6-14/h2-11H,1H3,(H,25,27,29)/b17-11-. The van der Waals surface area contributed by atoms with Crippen molar-refractivity contribution < 1.29 is 18.8 Å². The Morgan fingerprint density at radius 3 is 2.40 bits per heavy atom. The Morgan fingerprint density at radius 2 is 1.70 bits per heavy atom. The van der Waals surface area contributed by atoms with Gasteiger partial charge < -0.3 is 4.42 Å². The zero-order chi connectivity index (χ0) is 21.4. The lowest BCUT2D eigenvalue weighted by Gasteiger charge is -2.26. The summed E-state index contributed by atoms with van der Waals surface area (Å²) in [4.78, 5) is 38.4. The molecular weight excluding hydrogens is 516 g/mol. The lowest BCUT2D eigenvalue weighted by molar-refractivity contribution is -0.122. The molecule has 0 aliphatic carbocycles. The number of hydrogen-bond acceptors (Lipinski definition) is 4. The van der Waals surface area contributed by atoms with Gasteiger partial charge in [-0.2, -0.15) is 0 Å². The second-order valence-electron chi connectivity index (χ2n) is 6.62. The molecule has 0 radical (unpaired) electrons. The van der Waals surface area contributed by atoms with Crippen LogP contribution in [0.25, 0.3) is 17.4 Å². The molecule has 2 aromatic carbocycles. The van der Waals surface area contributed by atoms with Gasteiger partial charge in [-0.15, -0.1) is 0 Å². The number of carbonyl (C=O) groups excluding carboxylic acids is 3. The number of nitrogens with one attached hydrogen (secondary N) is 1. The molecule has 1 N–H and O–H groups in total. The van der Waals surface area contributed by atoms with E-state index in [1.165, 1.54) is 6.08 Å². The number of furan rings is 1. The zero-order valence-electron chi connectivity index (χ0n) is 15.6. The molecule has 0 spiro atoms. The van der Waals surface area contributed by atoms with Crippen LogP contribution in [0.4, 0.5) is 10.5 Å². The quantitative estimate of drug-likeness (QED) is 0.361. The van der Waals surface area contributed by atoms with E-state index in [1.807, 2.05) is 25.1 Å². The van der Waals surface area contributed by atoms with Crippen molar-refractivity contribution >= 4 is 61.5 Å². The highest BCUT2D eigenvalue weighted by Gasteiger charge is 2.37. The van der Waals surface area contributed by atoms with Crippen molar-refractivity contribution in [1.29, 1.82) is 0 Å². The molecule has 0 unspecified atom stereocenters. The molecule has 30 heavy (non-hydrogen) atoms. The van der Waals surface area contributed by atoms with Gasteiger partial charge in [-0.05, 0) is 67.1 Å². The van der Waals surface area contributed by atoms with Crippen LogP contribution in [0.1, 0.15) is 11.3 Å². The maximum absolute atomic E-state index is 12.9. The second kappa shape index (κ2) is 8.04. The van der Waals surface area contributed by atoms with Gasteiger partial charge in [0.25, 0.3) is 11.8 Å². The topological polar surface area (TPSA) is 79.6 Å². The minimum atomic E-state index is -0.798. The van der Waals surface area contributed by atoms with Crippen molar-refractivity contribution in [1.82, 2.24) is 5.32 Å². The fourth-order valence-electron chi connectivity index (χ4n) is 3.02. The summed E-state index contributed by atoms with van der Waals surface area (Å²) in [5.41, 5.74) is 2.10. The summed E-state index contributed by atoms with van der Waals surface area (Å²) >= 11 is 6.83. The smallest absolute Gasteiger partial charge is 0.335 e. The van der Waals surface area contributed by atoms with Crippen molar-refractivity contribution in [2.45, 2.75) is 6.92 Å². The molecule has 2 heterocycles. The number of halogens is 2. The number of aryl methyl sites for hydroxylation is 1. The highest BCUT2D eigenvalue weighted by atomic mass is 79.9. The number of urea groups is 1. The molecule has 1 aliphatic heterocycles. The highest BCUT2D eigenvalue weighted by Crippen LogP contribution is 2.31. The molecule has 4 rings (SSSR count). The molecule has 0 bridgehead atoms. The lowest BCUT2D eigenvalue weighted by Crippen LogP contribution is -2.54. The van der Waals surface area contributed by atoms with Crippen LogP contribution in [-0.2, 0) is 9.59 Å². The molecule has 150 valence electrons. The minimum absolute atomic E-state index is 0.193. The predicted octanol–water partition coefficient (Wildman–Crippen LogP) is 5.45. The van der Waals surface area contributed by atoms with Crippen molar-refractivity contribution in [3.63, 3.8) is 0 Å². The molecule has 1 saturated heterocycles. The first kappa shape index (κ1) is 20.3. The highest BCUT2D eigenvalue weighted by molar-refractivity contribution is 9.10. The molecule has 4 amide bonds. The Bertz CT molecular complexity index is 1210. The number of benzene rings is 2. The van der Waals surface area contributed by atoms with Crippen LogP contribution >= 0.6 is 31.9 Å². The van der Waals surface area contributed by atoms with Crippen LogP contribution in [0.5, 0.6) is 0 Å². The van der Waals surface area contributed by atoms with Gasteiger partial charge in [0, 0.05) is 14.5 Å². The van der Waals surface area contributed by atoms with Gasteiger partial charge in [0.05, 0.1) is 5.69 Å². The summed E-state index contributed by atoms with van der Waals surface area (Å²) in [5.74, 6) is -0.590. The van der Waals surface area contributed by atoms with Crippen molar-refractivity contribution in [2.75, 3.05) is 4.90 Å². The van der Waals surface area contributed by atoms with Gasteiger partial charge in [-0.3, -0.25) is 14.9 Å². The van der Waals surface area contributed by atoms with E-state index >= 15 is 0 Å². The molecule has 1 aliphatic rings. The Labute approximate surface area is 188 Å².